The van der Waals surface area contributed by atoms with Crippen LogP contribution in [0.15, 0.2) is 35.9 Å². The lowest BCUT2D eigenvalue weighted by Crippen LogP contribution is -2.34. The molecular formula is C14H18N2O. The fourth-order valence-electron chi connectivity index (χ4n) is 2.01. The van der Waals surface area contributed by atoms with Crippen LogP contribution in [0.5, 0.6) is 0 Å². The zero-order valence-corrected chi connectivity index (χ0v) is 10.4. The second-order valence-electron chi connectivity index (χ2n) is 4.35. The van der Waals surface area contributed by atoms with E-state index in [0.29, 0.717) is 0 Å². The van der Waals surface area contributed by atoms with E-state index in [-0.39, 0.29) is 5.91 Å². The van der Waals surface area contributed by atoms with Gasteiger partial charge in [0.1, 0.15) is 0 Å². The monoisotopic (exact) mass is 230 g/mol. The molecule has 0 bridgehead atoms. The number of benzene rings is 1. The van der Waals surface area contributed by atoms with E-state index < -0.39 is 0 Å². The maximum absolute atomic E-state index is 12.3. The standard InChI is InChI=1S/C14H18N2O/c1-11-7-9-16(10-8-11)14(17)12-5-3-4-6-13(12)15-2/h3-7,15H,8-10H2,1-2H3. The Morgan fingerprint density at radius 3 is 2.76 bits per heavy atom. The molecule has 3 heteroatoms. The van der Waals surface area contributed by atoms with Gasteiger partial charge in [0, 0.05) is 25.8 Å². The highest BCUT2D eigenvalue weighted by molar-refractivity contribution is 5.99. The Morgan fingerprint density at radius 1 is 1.35 bits per heavy atom. The van der Waals surface area contributed by atoms with Crippen LogP contribution >= 0.6 is 0 Å². The molecule has 1 aliphatic heterocycles. The number of anilines is 1. The molecule has 90 valence electrons. The zero-order chi connectivity index (χ0) is 12.3. The summed E-state index contributed by atoms with van der Waals surface area (Å²) in [5.41, 5.74) is 3.02. The van der Waals surface area contributed by atoms with Crippen molar-refractivity contribution in [3.05, 3.63) is 41.5 Å². The van der Waals surface area contributed by atoms with Gasteiger partial charge >= 0.3 is 0 Å². The van der Waals surface area contributed by atoms with Crippen molar-refractivity contribution in [3.8, 4) is 0 Å². The lowest BCUT2D eigenvalue weighted by molar-refractivity contribution is 0.0770. The number of hydrogen-bond donors (Lipinski definition) is 1. The van der Waals surface area contributed by atoms with Crippen LogP contribution in [0.1, 0.15) is 23.7 Å². The summed E-state index contributed by atoms with van der Waals surface area (Å²) in [7, 11) is 1.84. The van der Waals surface area contributed by atoms with E-state index in [4.69, 9.17) is 0 Å². The molecule has 1 aromatic carbocycles. The van der Waals surface area contributed by atoms with Crippen LogP contribution in [-0.4, -0.2) is 30.9 Å². The Bertz CT molecular complexity index is 451. The van der Waals surface area contributed by atoms with Gasteiger partial charge < -0.3 is 10.2 Å². The zero-order valence-electron chi connectivity index (χ0n) is 10.4. The predicted octanol–water partition coefficient (Wildman–Crippen LogP) is 2.52. The summed E-state index contributed by atoms with van der Waals surface area (Å²) >= 11 is 0. The van der Waals surface area contributed by atoms with Gasteiger partial charge in [-0.3, -0.25) is 4.79 Å². The first kappa shape index (κ1) is 11.7. The quantitative estimate of drug-likeness (QED) is 0.792. The molecule has 0 aromatic heterocycles. The van der Waals surface area contributed by atoms with Gasteiger partial charge in [-0.2, -0.15) is 0 Å². The average molecular weight is 230 g/mol. The molecule has 0 fully saturated rings. The molecule has 0 saturated heterocycles. The number of carbonyl (C=O) groups excluding carboxylic acids is 1. The number of para-hydroxylation sites is 1. The smallest absolute Gasteiger partial charge is 0.256 e. The molecular weight excluding hydrogens is 212 g/mol. The predicted molar refractivity (Wildman–Crippen MR) is 70.3 cm³/mol. The van der Waals surface area contributed by atoms with Crippen molar-refractivity contribution < 1.29 is 4.79 Å². The Labute approximate surface area is 102 Å². The summed E-state index contributed by atoms with van der Waals surface area (Å²) in [5, 5.41) is 3.06. The Kier molecular flexibility index (Phi) is 3.47. The third kappa shape index (κ3) is 2.49. The van der Waals surface area contributed by atoms with E-state index in [9.17, 15) is 4.79 Å². The van der Waals surface area contributed by atoms with Crippen LogP contribution < -0.4 is 5.32 Å². The topological polar surface area (TPSA) is 32.3 Å². The molecule has 1 N–H and O–H groups in total. The van der Waals surface area contributed by atoms with Crippen molar-refractivity contribution >= 4 is 11.6 Å². The van der Waals surface area contributed by atoms with Crippen LogP contribution in [0.2, 0.25) is 0 Å². The Balaban J connectivity index is 2.20. The summed E-state index contributed by atoms with van der Waals surface area (Å²) in [5.74, 6) is 0.110. The van der Waals surface area contributed by atoms with Crippen LogP contribution in [0.25, 0.3) is 0 Å². The second kappa shape index (κ2) is 5.04. The van der Waals surface area contributed by atoms with Gasteiger partial charge in [0.15, 0.2) is 0 Å². The average Bonchev–Trinajstić information content (AvgIpc) is 2.39. The van der Waals surface area contributed by atoms with Gasteiger partial charge in [0.05, 0.1) is 5.56 Å². The molecule has 0 unspecified atom stereocenters. The fraction of sp³-hybridized carbons (Fsp3) is 0.357. The highest BCUT2D eigenvalue weighted by Crippen LogP contribution is 2.19. The van der Waals surface area contributed by atoms with Gasteiger partial charge in [0.25, 0.3) is 5.91 Å². The number of nitrogens with zero attached hydrogens (tertiary/aromatic N) is 1. The fourth-order valence-corrected chi connectivity index (χ4v) is 2.01. The van der Waals surface area contributed by atoms with Crippen molar-refractivity contribution in [2.45, 2.75) is 13.3 Å². The maximum Gasteiger partial charge on any atom is 0.256 e. The molecule has 0 atom stereocenters. The molecule has 0 radical (unpaired) electrons. The Hall–Kier alpha value is -1.77. The molecule has 17 heavy (non-hydrogen) atoms. The van der Waals surface area contributed by atoms with Crippen LogP contribution in [0, 0.1) is 0 Å². The van der Waals surface area contributed by atoms with Crippen molar-refractivity contribution in [1.29, 1.82) is 0 Å². The van der Waals surface area contributed by atoms with Crippen molar-refractivity contribution in [2.75, 3.05) is 25.5 Å². The van der Waals surface area contributed by atoms with Gasteiger partial charge in [0.2, 0.25) is 0 Å². The van der Waals surface area contributed by atoms with Crippen LogP contribution in [0.3, 0.4) is 0 Å². The number of amides is 1. The third-order valence-electron chi connectivity index (χ3n) is 3.15. The van der Waals surface area contributed by atoms with Crippen molar-refractivity contribution in [1.82, 2.24) is 4.90 Å². The summed E-state index contributed by atoms with van der Waals surface area (Å²) < 4.78 is 0. The van der Waals surface area contributed by atoms with Gasteiger partial charge in [-0.1, -0.05) is 23.8 Å². The molecule has 3 nitrogen and oxygen atoms in total. The first-order valence-electron chi connectivity index (χ1n) is 5.94. The van der Waals surface area contributed by atoms with Gasteiger partial charge in [-0.05, 0) is 25.5 Å². The van der Waals surface area contributed by atoms with E-state index in [1.54, 1.807) is 0 Å². The molecule has 1 heterocycles. The molecule has 1 amide bonds. The minimum atomic E-state index is 0.110. The Morgan fingerprint density at radius 2 is 2.12 bits per heavy atom. The lowest BCUT2D eigenvalue weighted by atomic mass is 10.1. The molecule has 1 aromatic rings. The minimum absolute atomic E-state index is 0.110. The summed E-state index contributed by atoms with van der Waals surface area (Å²) in [4.78, 5) is 14.2. The minimum Gasteiger partial charge on any atom is -0.387 e. The number of carbonyl (C=O) groups is 1. The van der Waals surface area contributed by atoms with E-state index in [1.165, 1.54) is 5.57 Å². The van der Waals surface area contributed by atoms with Crippen molar-refractivity contribution in [2.24, 2.45) is 0 Å². The summed E-state index contributed by atoms with van der Waals surface area (Å²) in [6.45, 7) is 3.66. The highest BCUT2D eigenvalue weighted by atomic mass is 16.2. The summed E-state index contributed by atoms with van der Waals surface area (Å²) in [6.07, 6.45) is 3.11. The number of rotatable bonds is 2. The molecule has 0 spiro atoms. The number of hydrogen-bond acceptors (Lipinski definition) is 2. The molecule has 1 aliphatic rings. The van der Waals surface area contributed by atoms with Crippen molar-refractivity contribution in [3.63, 3.8) is 0 Å². The first-order valence-corrected chi connectivity index (χ1v) is 5.94. The maximum atomic E-state index is 12.3. The largest absolute Gasteiger partial charge is 0.387 e. The summed E-state index contributed by atoms with van der Waals surface area (Å²) in [6, 6.07) is 7.64. The molecule has 0 saturated carbocycles. The van der Waals surface area contributed by atoms with E-state index in [0.717, 1.165) is 30.8 Å². The van der Waals surface area contributed by atoms with Gasteiger partial charge in [-0.15, -0.1) is 0 Å². The highest BCUT2D eigenvalue weighted by Gasteiger charge is 2.19. The van der Waals surface area contributed by atoms with Crippen LogP contribution in [0.4, 0.5) is 5.69 Å². The third-order valence-corrected chi connectivity index (χ3v) is 3.15. The van der Waals surface area contributed by atoms with E-state index in [2.05, 4.69) is 18.3 Å². The van der Waals surface area contributed by atoms with E-state index in [1.807, 2.05) is 36.2 Å². The molecule has 2 rings (SSSR count). The molecule has 0 aliphatic carbocycles. The van der Waals surface area contributed by atoms with Crippen LogP contribution in [-0.2, 0) is 0 Å². The SMILES string of the molecule is CNc1ccccc1C(=O)N1CC=C(C)CC1. The van der Waals surface area contributed by atoms with Gasteiger partial charge in [-0.25, -0.2) is 0 Å². The number of nitrogens with one attached hydrogen (secondary N) is 1. The van der Waals surface area contributed by atoms with E-state index >= 15 is 0 Å². The first-order chi connectivity index (χ1) is 8.22. The normalized spacial score (nSPS) is 15.4. The second-order valence-corrected chi connectivity index (χ2v) is 4.35. The lowest BCUT2D eigenvalue weighted by Gasteiger charge is -2.26.